The summed E-state index contributed by atoms with van der Waals surface area (Å²) in [6.45, 7) is 0. The highest BCUT2D eigenvalue weighted by molar-refractivity contribution is 7.26. The van der Waals surface area contributed by atoms with Gasteiger partial charge in [-0.1, -0.05) is 103 Å². The van der Waals surface area contributed by atoms with Crippen LogP contribution in [0.5, 0.6) is 0 Å². The molecule has 4 heteroatoms. The fraction of sp³-hybridized carbons (Fsp3) is 0. The highest BCUT2D eigenvalue weighted by atomic mass is 32.1. The normalized spacial score (nSPS) is 11.6. The minimum Gasteiger partial charge on any atom is -0.310 e. The van der Waals surface area contributed by atoms with Gasteiger partial charge in [-0.25, -0.2) is 0 Å². The van der Waals surface area contributed by atoms with Gasteiger partial charge in [-0.15, -0.1) is 22.7 Å². The predicted molar refractivity (Wildman–Crippen MR) is 219 cm³/mol. The molecule has 0 fully saturated rings. The number of anilines is 6. The van der Waals surface area contributed by atoms with Crippen molar-refractivity contribution in [1.82, 2.24) is 0 Å². The summed E-state index contributed by atoms with van der Waals surface area (Å²) in [6, 6.07) is 66.0. The van der Waals surface area contributed by atoms with Crippen molar-refractivity contribution < 1.29 is 0 Å². The summed E-state index contributed by atoms with van der Waals surface area (Å²) in [4.78, 5) is 4.84. The summed E-state index contributed by atoms with van der Waals surface area (Å²) in [5, 5.41) is 7.70. The lowest BCUT2D eigenvalue weighted by atomic mass is 10.00. The van der Waals surface area contributed by atoms with Crippen LogP contribution in [0.3, 0.4) is 0 Å². The summed E-state index contributed by atoms with van der Waals surface area (Å²) >= 11 is 3.74. The van der Waals surface area contributed by atoms with Crippen molar-refractivity contribution in [2.45, 2.75) is 0 Å². The van der Waals surface area contributed by atoms with Gasteiger partial charge >= 0.3 is 0 Å². The van der Waals surface area contributed by atoms with E-state index in [2.05, 4.69) is 192 Å². The van der Waals surface area contributed by atoms with E-state index in [0.717, 1.165) is 22.7 Å². The van der Waals surface area contributed by atoms with Gasteiger partial charge in [0.25, 0.3) is 0 Å². The highest BCUT2D eigenvalue weighted by Gasteiger charge is 2.23. The Bertz CT molecular complexity index is 2780. The number of hydrogen-bond acceptors (Lipinski definition) is 4. The zero-order valence-corrected chi connectivity index (χ0v) is 28.7. The van der Waals surface area contributed by atoms with Gasteiger partial charge < -0.3 is 9.80 Å². The third kappa shape index (κ3) is 4.68. The maximum atomic E-state index is 2.49. The van der Waals surface area contributed by atoms with Gasteiger partial charge in [0.05, 0.1) is 11.4 Å². The molecule has 0 saturated heterocycles. The van der Waals surface area contributed by atoms with E-state index in [4.69, 9.17) is 0 Å². The zero-order valence-electron chi connectivity index (χ0n) is 27.0. The van der Waals surface area contributed by atoms with E-state index in [9.17, 15) is 0 Å². The topological polar surface area (TPSA) is 6.48 Å². The van der Waals surface area contributed by atoms with Crippen LogP contribution >= 0.6 is 22.7 Å². The molecule has 10 rings (SSSR count). The molecule has 10 aromatic rings. The second-order valence-electron chi connectivity index (χ2n) is 12.5. The molecule has 0 bridgehead atoms. The van der Waals surface area contributed by atoms with Gasteiger partial charge in [0.1, 0.15) is 0 Å². The molecule has 0 saturated carbocycles. The largest absolute Gasteiger partial charge is 0.310 e. The molecule has 0 aliphatic rings. The molecule has 8 aromatic carbocycles. The van der Waals surface area contributed by atoms with Crippen LogP contribution in [-0.4, -0.2) is 0 Å². The summed E-state index contributed by atoms with van der Waals surface area (Å²) < 4.78 is 5.16. The average molecular weight is 675 g/mol. The Balaban J connectivity index is 1.26. The van der Waals surface area contributed by atoms with Gasteiger partial charge in [-0.2, -0.15) is 0 Å². The van der Waals surface area contributed by atoms with E-state index in [0.29, 0.717) is 0 Å². The third-order valence-electron chi connectivity index (χ3n) is 9.60. The van der Waals surface area contributed by atoms with Gasteiger partial charge in [0.15, 0.2) is 0 Å². The molecule has 0 aliphatic heterocycles. The summed E-state index contributed by atoms with van der Waals surface area (Å²) in [7, 11) is 0. The van der Waals surface area contributed by atoms with Crippen molar-refractivity contribution in [2.75, 3.05) is 9.80 Å². The zero-order chi connectivity index (χ0) is 33.0. The number of fused-ring (bicyclic) bond motifs is 8. The minimum atomic E-state index is 1.13. The maximum absolute atomic E-state index is 2.49. The van der Waals surface area contributed by atoms with E-state index < -0.39 is 0 Å². The second kappa shape index (κ2) is 11.9. The maximum Gasteiger partial charge on any atom is 0.0555 e. The molecule has 0 atom stereocenters. The predicted octanol–water partition coefficient (Wildman–Crippen LogP) is 14.5. The molecule has 0 amide bonds. The Morgan fingerprint density at radius 3 is 1.52 bits per heavy atom. The van der Waals surface area contributed by atoms with Crippen LogP contribution in [0.1, 0.15) is 0 Å². The SMILES string of the molecule is c1ccc(N(c2ccccc2)c2ccc3sc4cccc(N(c5ccccc5)c5cc6sc7ccccc7c6c6ccccc56)c4c3c2)cc1. The third-order valence-corrected chi connectivity index (χ3v) is 11.9. The molecule has 0 unspecified atom stereocenters. The molecular weight excluding hydrogens is 645 g/mol. The lowest BCUT2D eigenvalue weighted by Gasteiger charge is -2.28. The standard InChI is InChI=1S/C46H30N2S2/c1-4-15-31(16-5-1)47(32-17-6-2-7-18-32)34-27-28-42-38(29-34)46-39(24-14-26-43(46)49-42)48(33-19-8-3-9-20-33)40-30-44-45(36-22-11-10-21-35(36)40)37-23-12-13-25-41(37)50-44/h1-30H. The number of nitrogens with zero attached hydrogens (tertiary/aromatic N) is 2. The van der Waals surface area contributed by atoms with Crippen molar-refractivity contribution in [3.8, 4) is 0 Å². The van der Waals surface area contributed by atoms with Crippen LogP contribution in [0, 0.1) is 0 Å². The molecule has 2 nitrogen and oxygen atoms in total. The van der Waals surface area contributed by atoms with E-state index in [1.54, 1.807) is 0 Å². The van der Waals surface area contributed by atoms with Crippen LogP contribution in [0.2, 0.25) is 0 Å². The van der Waals surface area contributed by atoms with Gasteiger partial charge in [-0.05, 0) is 84.2 Å². The highest BCUT2D eigenvalue weighted by Crippen LogP contribution is 2.50. The van der Waals surface area contributed by atoms with Crippen molar-refractivity contribution in [3.05, 3.63) is 182 Å². The molecular formula is C46H30N2S2. The van der Waals surface area contributed by atoms with Crippen LogP contribution in [-0.2, 0) is 0 Å². The lowest BCUT2D eigenvalue weighted by Crippen LogP contribution is -2.11. The van der Waals surface area contributed by atoms with E-state index in [1.807, 2.05) is 22.7 Å². The first-order chi connectivity index (χ1) is 24.8. The Kier molecular flexibility index (Phi) is 6.90. The molecule has 0 aliphatic carbocycles. The Morgan fingerprint density at radius 2 is 0.820 bits per heavy atom. The minimum absolute atomic E-state index is 1.13. The number of rotatable bonds is 6. The van der Waals surface area contributed by atoms with Crippen molar-refractivity contribution in [2.24, 2.45) is 0 Å². The van der Waals surface area contributed by atoms with Gasteiger partial charge in [0.2, 0.25) is 0 Å². The van der Waals surface area contributed by atoms with Crippen LogP contribution in [0.25, 0.3) is 51.1 Å². The molecule has 50 heavy (non-hydrogen) atoms. The molecule has 0 N–H and O–H groups in total. The Hall–Kier alpha value is -5.94. The van der Waals surface area contributed by atoms with Crippen molar-refractivity contribution in [1.29, 1.82) is 0 Å². The Morgan fingerprint density at radius 1 is 0.280 bits per heavy atom. The van der Waals surface area contributed by atoms with Gasteiger partial charge in [0, 0.05) is 68.5 Å². The number of thiophene rings is 2. The van der Waals surface area contributed by atoms with Crippen LogP contribution in [0.4, 0.5) is 34.1 Å². The first kappa shape index (κ1) is 29.0. The summed E-state index contributed by atoms with van der Waals surface area (Å²) in [5.41, 5.74) is 6.89. The monoisotopic (exact) mass is 674 g/mol. The van der Waals surface area contributed by atoms with Crippen LogP contribution < -0.4 is 9.80 Å². The first-order valence-corrected chi connectivity index (χ1v) is 18.5. The van der Waals surface area contributed by atoms with Crippen molar-refractivity contribution in [3.63, 3.8) is 0 Å². The summed E-state index contributed by atoms with van der Waals surface area (Å²) in [6.07, 6.45) is 0. The molecule has 2 heterocycles. The summed E-state index contributed by atoms with van der Waals surface area (Å²) in [5.74, 6) is 0. The molecule has 0 radical (unpaired) electrons. The van der Waals surface area contributed by atoms with Gasteiger partial charge in [-0.3, -0.25) is 0 Å². The number of para-hydroxylation sites is 3. The van der Waals surface area contributed by atoms with Crippen LogP contribution in [0.15, 0.2) is 182 Å². The quantitative estimate of drug-likeness (QED) is 0.173. The van der Waals surface area contributed by atoms with Crippen molar-refractivity contribution >= 4 is 108 Å². The molecule has 0 spiro atoms. The first-order valence-electron chi connectivity index (χ1n) is 16.9. The van der Waals surface area contributed by atoms with E-state index in [1.165, 1.54) is 62.5 Å². The molecule has 236 valence electrons. The second-order valence-corrected chi connectivity index (χ2v) is 14.7. The fourth-order valence-electron chi connectivity index (χ4n) is 7.46. The lowest BCUT2D eigenvalue weighted by molar-refractivity contribution is 1.29. The fourth-order valence-corrected chi connectivity index (χ4v) is 9.73. The molecule has 2 aromatic heterocycles. The number of hydrogen-bond donors (Lipinski definition) is 0. The van der Waals surface area contributed by atoms with E-state index in [-0.39, 0.29) is 0 Å². The smallest absolute Gasteiger partial charge is 0.0555 e. The number of benzene rings is 8. The Labute approximate surface area is 298 Å². The average Bonchev–Trinajstić information content (AvgIpc) is 3.75. The van der Waals surface area contributed by atoms with E-state index >= 15 is 0 Å².